The van der Waals surface area contributed by atoms with E-state index in [1.165, 1.54) is 77.4 Å². The third-order valence-electron chi connectivity index (χ3n) is 5.95. The summed E-state index contributed by atoms with van der Waals surface area (Å²) in [7, 11) is 0. The van der Waals surface area contributed by atoms with E-state index in [1.54, 1.807) is 0 Å². The van der Waals surface area contributed by atoms with Crippen molar-refractivity contribution in [1.29, 1.82) is 0 Å². The molecule has 0 bridgehead atoms. The standard InChI is InChI=1S/C18H34N2O/c1-2-11-19-16-7-5-6-15(16)10-12-20-13-14-21-18-9-4-3-8-17(18)20/h15-19H,2-14H2,1H3. The van der Waals surface area contributed by atoms with Gasteiger partial charge in [-0.25, -0.2) is 0 Å². The first-order valence-electron chi connectivity index (χ1n) is 9.47. The molecule has 0 amide bonds. The molecule has 4 atom stereocenters. The molecule has 0 aromatic carbocycles. The summed E-state index contributed by atoms with van der Waals surface area (Å²) >= 11 is 0. The van der Waals surface area contributed by atoms with Crippen LogP contribution in [0.1, 0.15) is 64.7 Å². The van der Waals surface area contributed by atoms with Gasteiger partial charge in [0, 0.05) is 18.6 Å². The van der Waals surface area contributed by atoms with Gasteiger partial charge in [-0.2, -0.15) is 0 Å². The van der Waals surface area contributed by atoms with Crippen molar-refractivity contribution in [3.05, 3.63) is 0 Å². The number of nitrogens with zero attached hydrogens (tertiary/aromatic N) is 1. The van der Waals surface area contributed by atoms with Crippen LogP contribution in [0.5, 0.6) is 0 Å². The monoisotopic (exact) mass is 294 g/mol. The molecule has 3 fully saturated rings. The minimum atomic E-state index is 0.546. The van der Waals surface area contributed by atoms with Crippen LogP contribution in [0.25, 0.3) is 0 Å². The van der Waals surface area contributed by atoms with Gasteiger partial charge < -0.3 is 10.1 Å². The summed E-state index contributed by atoms with van der Waals surface area (Å²) in [5.74, 6) is 0.918. The zero-order valence-electron chi connectivity index (χ0n) is 13.9. The van der Waals surface area contributed by atoms with Crippen molar-refractivity contribution >= 4 is 0 Å². The summed E-state index contributed by atoms with van der Waals surface area (Å²) in [5, 5.41) is 3.78. The predicted octanol–water partition coefficient (Wildman–Crippen LogP) is 3.19. The lowest BCUT2D eigenvalue weighted by molar-refractivity contribution is -0.0892. The maximum absolute atomic E-state index is 6.00. The lowest BCUT2D eigenvalue weighted by Crippen LogP contribution is -2.53. The lowest BCUT2D eigenvalue weighted by Gasteiger charge is -2.44. The van der Waals surface area contributed by atoms with E-state index in [9.17, 15) is 0 Å². The van der Waals surface area contributed by atoms with Gasteiger partial charge >= 0.3 is 0 Å². The van der Waals surface area contributed by atoms with Crippen LogP contribution in [0.2, 0.25) is 0 Å². The van der Waals surface area contributed by atoms with Crippen molar-refractivity contribution in [3.8, 4) is 0 Å². The third kappa shape index (κ3) is 4.00. The molecule has 3 aliphatic rings. The van der Waals surface area contributed by atoms with E-state index in [2.05, 4.69) is 17.1 Å². The fourth-order valence-corrected chi connectivity index (χ4v) is 4.77. The molecule has 3 nitrogen and oxygen atoms in total. The zero-order valence-corrected chi connectivity index (χ0v) is 13.9. The second kappa shape index (κ2) is 7.94. The Balaban J connectivity index is 1.47. The molecular formula is C18H34N2O. The maximum Gasteiger partial charge on any atom is 0.0730 e. The summed E-state index contributed by atoms with van der Waals surface area (Å²) in [6, 6.07) is 1.53. The minimum absolute atomic E-state index is 0.546. The van der Waals surface area contributed by atoms with Gasteiger partial charge in [0.25, 0.3) is 0 Å². The summed E-state index contributed by atoms with van der Waals surface area (Å²) < 4.78 is 6.00. The molecule has 0 aromatic rings. The molecule has 4 unspecified atom stereocenters. The van der Waals surface area contributed by atoms with Crippen LogP contribution < -0.4 is 5.32 Å². The molecule has 2 aliphatic carbocycles. The molecule has 3 heteroatoms. The number of nitrogens with one attached hydrogen (secondary N) is 1. The van der Waals surface area contributed by atoms with E-state index in [4.69, 9.17) is 4.74 Å². The van der Waals surface area contributed by atoms with Gasteiger partial charge in [-0.3, -0.25) is 4.90 Å². The highest BCUT2D eigenvalue weighted by molar-refractivity contribution is 4.89. The van der Waals surface area contributed by atoms with Crippen molar-refractivity contribution < 1.29 is 4.74 Å². The Morgan fingerprint density at radius 3 is 2.90 bits per heavy atom. The smallest absolute Gasteiger partial charge is 0.0730 e. The van der Waals surface area contributed by atoms with Crippen LogP contribution in [-0.2, 0) is 4.74 Å². The van der Waals surface area contributed by atoms with E-state index < -0.39 is 0 Å². The highest BCUT2D eigenvalue weighted by Gasteiger charge is 2.35. The molecule has 0 radical (unpaired) electrons. The van der Waals surface area contributed by atoms with E-state index in [0.29, 0.717) is 6.10 Å². The Morgan fingerprint density at radius 1 is 1.10 bits per heavy atom. The first-order valence-corrected chi connectivity index (χ1v) is 9.47. The average molecular weight is 294 g/mol. The number of hydrogen-bond donors (Lipinski definition) is 1. The van der Waals surface area contributed by atoms with Crippen LogP contribution in [-0.4, -0.2) is 49.3 Å². The van der Waals surface area contributed by atoms with Gasteiger partial charge in [-0.1, -0.05) is 26.2 Å². The molecule has 122 valence electrons. The molecule has 0 spiro atoms. The zero-order chi connectivity index (χ0) is 14.5. The largest absolute Gasteiger partial charge is 0.375 e. The molecule has 1 N–H and O–H groups in total. The van der Waals surface area contributed by atoms with Gasteiger partial charge in [-0.15, -0.1) is 0 Å². The fraction of sp³-hybridized carbons (Fsp3) is 1.00. The first-order chi connectivity index (χ1) is 10.4. The SMILES string of the molecule is CCCNC1CCCC1CCN1CCOC2CCCCC21. The Labute approximate surface area is 130 Å². The molecule has 3 rings (SSSR count). The number of rotatable bonds is 6. The Morgan fingerprint density at radius 2 is 2.00 bits per heavy atom. The number of ether oxygens (including phenoxy) is 1. The highest BCUT2D eigenvalue weighted by atomic mass is 16.5. The van der Waals surface area contributed by atoms with Crippen LogP contribution in [0.15, 0.2) is 0 Å². The number of hydrogen-bond acceptors (Lipinski definition) is 3. The summed E-state index contributed by atoms with van der Waals surface area (Å²) in [6.07, 6.45) is 12.9. The number of morpholine rings is 1. The van der Waals surface area contributed by atoms with E-state index >= 15 is 0 Å². The first kappa shape index (κ1) is 15.8. The molecule has 1 heterocycles. The maximum atomic E-state index is 6.00. The van der Waals surface area contributed by atoms with E-state index in [-0.39, 0.29) is 0 Å². The minimum Gasteiger partial charge on any atom is -0.375 e. The van der Waals surface area contributed by atoms with Gasteiger partial charge in [0.2, 0.25) is 0 Å². The van der Waals surface area contributed by atoms with Crippen molar-refractivity contribution in [2.24, 2.45) is 5.92 Å². The average Bonchev–Trinajstić information content (AvgIpc) is 2.98. The van der Waals surface area contributed by atoms with Gasteiger partial charge in [0.05, 0.1) is 12.7 Å². The Bertz CT molecular complexity index is 308. The second-order valence-electron chi connectivity index (χ2n) is 7.34. The van der Waals surface area contributed by atoms with Crippen LogP contribution in [0, 0.1) is 5.92 Å². The summed E-state index contributed by atoms with van der Waals surface area (Å²) in [5.41, 5.74) is 0. The molecule has 21 heavy (non-hydrogen) atoms. The van der Waals surface area contributed by atoms with Crippen LogP contribution in [0.4, 0.5) is 0 Å². The van der Waals surface area contributed by atoms with Crippen molar-refractivity contribution in [2.45, 2.75) is 82.9 Å². The van der Waals surface area contributed by atoms with Crippen molar-refractivity contribution in [1.82, 2.24) is 10.2 Å². The Kier molecular flexibility index (Phi) is 5.96. The highest BCUT2D eigenvalue weighted by Crippen LogP contribution is 2.32. The van der Waals surface area contributed by atoms with E-state index in [0.717, 1.165) is 24.6 Å². The van der Waals surface area contributed by atoms with Gasteiger partial charge in [-0.05, 0) is 57.5 Å². The molecule has 0 aromatic heterocycles. The van der Waals surface area contributed by atoms with Crippen LogP contribution >= 0.6 is 0 Å². The second-order valence-corrected chi connectivity index (χ2v) is 7.34. The van der Waals surface area contributed by atoms with Crippen molar-refractivity contribution in [3.63, 3.8) is 0 Å². The molecule has 2 saturated carbocycles. The summed E-state index contributed by atoms with van der Waals surface area (Å²) in [6.45, 7) is 6.90. The Hall–Kier alpha value is -0.120. The molecular weight excluding hydrogens is 260 g/mol. The fourth-order valence-electron chi connectivity index (χ4n) is 4.77. The molecule has 1 saturated heterocycles. The van der Waals surface area contributed by atoms with Gasteiger partial charge in [0.15, 0.2) is 0 Å². The topological polar surface area (TPSA) is 24.5 Å². The predicted molar refractivity (Wildman–Crippen MR) is 87.6 cm³/mol. The van der Waals surface area contributed by atoms with Crippen molar-refractivity contribution in [2.75, 3.05) is 26.2 Å². The number of fused-ring (bicyclic) bond motifs is 1. The summed E-state index contributed by atoms with van der Waals surface area (Å²) in [4.78, 5) is 2.77. The normalized spacial score (nSPS) is 37.6. The van der Waals surface area contributed by atoms with Gasteiger partial charge in [0.1, 0.15) is 0 Å². The van der Waals surface area contributed by atoms with E-state index in [1.807, 2.05) is 0 Å². The third-order valence-corrected chi connectivity index (χ3v) is 5.95. The molecule has 1 aliphatic heterocycles. The van der Waals surface area contributed by atoms with Crippen LogP contribution in [0.3, 0.4) is 0 Å². The quantitative estimate of drug-likeness (QED) is 0.814. The lowest BCUT2D eigenvalue weighted by atomic mass is 9.89.